The van der Waals surface area contributed by atoms with Crippen molar-refractivity contribution >= 4 is 12.0 Å². The molecule has 9 nitrogen and oxygen atoms in total. The lowest BCUT2D eigenvalue weighted by Gasteiger charge is -2.14. The van der Waals surface area contributed by atoms with Crippen molar-refractivity contribution in [2.45, 2.75) is 32.5 Å². The molecule has 21 heavy (non-hydrogen) atoms. The van der Waals surface area contributed by atoms with Gasteiger partial charge < -0.3 is 24.7 Å². The van der Waals surface area contributed by atoms with Crippen LogP contribution in [0.2, 0.25) is 0 Å². The van der Waals surface area contributed by atoms with Gasteiger partial charge in [0.25, 0.3) is 0 Å². The summed E-state index contributed by atoms with van der Waals surface area (Å²) in [6, 6.07) is 1.48. The highest BCUT2D eigenvalue weighted by Crippen LogP contribution is 2.19. The molecular weight excluding hydrogens is 282 g/mol. The topological polar surface area (TPSA) is 115 Å². The predicted molar refractivity (Wildman–Crippen MR) is 70.3 cm³/mol. The van der Waals surface area contributed by atoms with Gasteiger partial charge in [-0.15, -0.1) is 0 Å². The third kappa shape index (κ3) is 4.17. The van der Waals surface area contributed by atoms with Crippen molar-refractivity contribution in [3.05, 3.63) is 22.7 Å². The van der Waals surface area contributed by atoms with Crippen LogP contribution >= 0.6 is 0 Å². The SMILES string of the molecule is CC(C)OC(=O)OCC1OCC(n2ccc(N)nc2=O)O1. The molecule has 2 unspecified atom stereocenters. The highest BCUT2D eigenvalue weighted by atomic mass is 16.8. The number of anilines is 1. The van der Waals surface area contributed by atoms with Crippen molar-refractivity contribution in [1.82, 2.24) is 9.55 Å². The molecule has 0 radical (unpaired) electrons. The number of nitrogens with zero attached hydrogens (tertiary/aromatic N) is 2. The van der Waals surface area contributed by atoms with Crippen LogP contribution in [0.25, 0.3) is 0 Å². The molecule has 0 spiro atoms. The van der Waals surface area contributed by atoms with Crippen LogP contribution in [0.5, 0.6) is 0 Å². The van der Waals surface area contributed by atoms with Crippen LogP contribution in [0.1, 0.15) is 20.1 Å². The van der Waals surface area contributed by atoms with Crippen molar-refractivity contribution in [2.75, 3.05) is 18.9 Å². The minimum absolute atomic E-state index is 0.126. The van der Waals surface area contributed by atoms with E-state index in [0.29, 0.717) is 0 Å². The zero-order chi connectivity index (χ0) is 15.4. The van der Waals surface area contributed by atoms with Crippen LogP contribution in [0.15, 0.2) is 17.1 Å². The molecule has 0 bridgehead atoms. The van der Waals surface area contributed by atoms with Gasteiger partial charge in [-0.1, -0.05) is 0 Å². The molecule has 2 N–H and O–H groups in total. The number of nitrogen functional groups attached to an aromatic ring is 1. The van der Waals surface area contributed by atoms with Crippen molar-refractivity contribution in [3.63, 3.8) is 0 Å². The molecule has 1 fully saturated rings. The fourth-order valence-electron chi connectivity index (χ4n) is 1.68. The highest BCUT2D eigenvalue weighted by molar-refractivity contribution is 5.60. The summed E-state index contributed by atoms with van der Waals surface area (Å²) in [6.45, 7) is 3.43. The minimum Gasteiger partial charge on any atom is -0.432 e. The number of ether oxygens (including phenoxy) is 4. The van der Waals surface area contributed by atoms with Crippen molar-refractivity contribution in [3.8, 4) is 0 Å². The lowest BCUT2D eigenvalue weighted by atomic mass is 10.5. The summed E-state index contributed by atoms with van der Waals surface area (Å²) in [5.74, 6) is 0.131. The molecule has 2 heterocycles. The van der Waals surface area contributed by atoms with Gasteiger partial charge in [0.1, 0.15) is 12.4 Å². The van der Waals surface area contributed by atoms with E-state index in [0.717, 1.165) is 0 Å². The van der Waals surface area contributed by atoms with E-state index in [1.807, 2.05) is 0 Å². The van der Waals surface area contributed by atoms with E-state index in [9.17, 15) is 9.59 Å². The Labute approximate surface area is 120 Å². The fraction of sp³-hybridized carbons (Fsp3) is 0.583. The standard InChI is InChI=1S/C12H17N3O6/c1-7(2)20-12(17)19-6-10-18-5-9(21-10)15-4-3-8(13)14-11(15)16/h3-4,7,9-10H,5-6H2,1-2H3,(H2,13,14,16). The Morgan fingerprint density at radius 2 is 2.38 bits per heavy atom. The lowest BCUT2D eigenvalue weighted by Crippen LogP contribution is -2.29. The van der Waals surface area contributed by atoms with Gasteiger partial charge in [0.05, 0.1) is 12.7 Å². The number of carbonyl (C=O) groups excluding carboxylic acids is 1. The first-order chi connectivity index (χ1) is 9.95. The lowest BCUT2D eigenvalue weighted by molar-refractivity contribution is -0.109. The summed E-state index contributed by atoms with van der Waals surface area (Å²) in [6.07, 6.45) is -1.00. The van der Waals surface area contributed by atoms with E-state index in [2.05, 4.69) is 4.98 Å². The zero-order valence-corrected chi connectivity index (χ0v) is 11.7. The van der Waals surface area contributed by atoms with E-state index < -0.39 is 24.4 Å². The van der Waals surface area contributed by atoms with Crippen LogP contribution in [-0.2, 0) is 18.9 Å². The molecule has 116 valence electrons. The minimum atomic E-state index is -0.799. The summed E-state index contributed by atoms with van der Waals surface area (Å²) < 4.78 is 21.6. The largest absolute Gasteiger partial charge is 0.508 e. The maximum absolute atomic E-state index is 11.7. The van der Waals surface area contributed by atoms with Gasteiger partial charge >= 0.3 is 11.8 Å². The van der Waals surface area contributed by atoms with Gasteiger partial charge in [-0.25, -0.2) is 9.59 Å². The van der Waals surface area contributed by atoms with Crippen molar-refractivity contribution in [2.24, 2.45) is 0 Å². The van der Waals surface area contributed by atoms with E-state index in [4.69, 9.17) is 24.7 Å². The summed E-state index contributed by atoms with van der Waals surface area (Å²) in [7, 11) is 0. The third-order valence-corrected chi connectivity index (χ3v) is 2.56. The molecule has 1 aliphatic heterocycles. The number of carbonyl (C=O) groups is 1. The quantitative estimate of drug-likeness (QED) is 0.787. The van der Waals surface area contributed by atoms with E-state index in [1.165, 1.54) is 16.8 Å². The Hall–Kier alpha value is -2.13. The van der Waals surface area contributed by atoms with Gasteiger partial charge in [-0.05, 0) is 19.9 Å². The predicted octanol–water partition coefficient (Wildman–Crippen LogP) is 0.259. The zero-order valence-electron chi connectivity index (χ0n) is 11.7. The molecule has 1 aromatic heterocycles. The molecule has 9 heteroatoms. The van der Waals surface area contributed by atoms with Crippen molar-refractivity contribution < 1.29 is 23.7 Å². The summed E-state index contributed by atoms with van der Waals surface area (Å²) in [5, 5.41) is 0. The van der Waals surface area contributed by atoms with Crippen LogP contribution in [0.3, 0.4) is 0 Å². The van der Waals surface area contributed by atoms with Gasteiger partial charge in [0, 0.05) is 6.20 Å². The molecule has 0 aliphatic carbocycles. The number of hydrogen-bond donors (Lipinski definition) is 1. The Morgan fingerprint density at radius 1 is 1.62 bits per heavy atom. The second-order valence-corrected chi connectivity index (χ2v) is 4.62. The van der Waals surface area contributed by atoms with Crippen LogP contribution < -0.4 is 11.4 Å². The van der Waals surface area contributed by atoms with Crippen molar-refractivity contribution in [1.29, 1.82) is 0 Å². The maximum atomic E-state index is 11.7. The normalized spacial score (nSPS) is 21.5. The summed E-state index contributed by atoms with van der Waals surface area (Å²) in [4.78, 5) is 26.5. The Morgan fingerprint density at radius 3 is 3.05 bits per heavy atom. The van der Waals surface area contributed by atoms with E-state index >= 15 is 0 Å². The Bertz CT molecular complexity index is 558. The average Bonchev–Trinajstić information content (AvgIpc) is 2.84. The Kier molecular flexibility index (Phi) is 4.76. The molecule has 1 aliphatic rings. The molecule has 1 aromatic rings. The van der Waals surface area contributed by atoms with Gasteiger partial charge in [-0.2, -0.15) is 4.98 Å². The monoisotopic (exact) mass is 299 g/mol. The third-order valence-electron chi connectivity index (χ3n) is 2.56. The maximum Gasteiger partial charge on any atom is 0.508 e. The fourth-order valence-corrected chi connectivity index (χ4v) is 1.68. The second kappa shape index (κ2) is 6.55. The van der Waals surface area contributed by atoms with Crippen LogP contribution in [0, 0.1) is 0 Å². The number of aromatic nitrogens is 2. The van der Waals surface area contributed by atoms with E-state index in [1.54, 1.807) is 13.8 Å². The average molecular weight is 299 g/mol. The second-order valence-electron chi connectivity index (χ2n) is 4.62. The van der Waals surface area contributed by atoms with Gasteiger partial charge in [0.2, 0.25) is 0 Å². The summed E-state index contributed by atoms with van der Waals surface area (Å²) >= 11 is 0. The number of rotatable bonds is 4. The molecule has 0 aromatic carbocycles. The highest BCUT2D eigenvalue weighted by Gasteiger charge is 2.29. The first kappa shape index (κ1) is 15.3. The molecule has 1 saturated heterocycles. The molecule has 0 amide bonds. The molecule has 2 atom stereocenters. The first-order valence-corrected chi connectivity index (χ1v) is 6.41. The van der Waals surface area contributed by atoms with Crippen LogP contribution in [0.4, 0.5) is 10.6 Å². The molecule has 2 rings (SSSR count). The Balaban J connectivity index is 1.86. The first-order valence-electron chi connectivity index (χ1n) is 6.41. The number of nitrogens with two attached hydrogens (primary N) is 1. The summed E-state index contributed by atoms with van der Waals surface area (Å²) in [5.41, 5.74) is 4.87. The van der Waals surface area contributed by atoms with Crippen LogP contribution in [-0.4, -0.2) is 41.3 Å². The molecular formula is C12H17N3O6. The van der Waals surface area contributed by atoms with E-state index in [-0.39, 0.29) is 25.1 Å². The number of hydrogen-bond acceptors (Lipinski definition) is 8. The molecule has 0 saturated carbocycles. The van der Waals surface area contributed by atoms with Gasteiger partial charge in [0.15, 0.2) is 12.5 Å². The smallest absolute Gasteiger partial charge is 0.432 e. The van der Waals surface area contributed by atoms with Gasteiger partial charge in [-0.3, -0.25) is 4.57 Å².